The number of hydrogen-bond acceptors (Lipinski definition) is 4. The zero-order valence-electron chi connectivity index (χ0n) is 20.0. The van der Waals surface area contributed by atoms with Crippen molar-refractivity contribution in [1.29, 1.82) is 0 Å². The Hall–Kier alpha value is -3.15. The van der Waals surface area contributed by atoms with Gasteiger partial charge in [-0.05, 0) is 55.5 Å². The molecule has 33 heavy (non-hydrogen) atoms. The van der Waals surface area contributed by atoms with Crippen molar-refractivity contribution in [3.63, 3.8) is 0 Å². The van der Waals surface area contributed by atoms with E-state index in [9.17, 15) is 14.4 Å². The third-order valence-corrected chi connectivity index (χ3v) is 6.68. The summed E-state index contributed by atoms with van der Waals surface area (Å²) in [7, 11) is 0. The lowest BCUT2D eigenvalue weighted by Crippen LogP contribution is -2.39. The van der Waals surface area contributed by atoms with Crippen LogP contribution in [0.4, 0.5) is 0 Å². The van der Waals surface area contributed by atoms with Gasteiger partial charge >= 0.3 is 0 Å². The third-order valence-electron chi connectivity index (χ3n) is 6.68. The Bertz CT molecular complexity index is 1080. The van der Waals surface area contributed by atoms with Crippen LogP contribution in [0.25, 0.3) is 0 Å². The summed E-state index contributed by atoms with van der Waals surface area (Å²) < 4.78 is 5.61. The molecule has 3 aliphatic rings. The molecule has 1 aromatic rings. The number of Topliss-reactive ketones (excluding diaryl/α,β-unsaturated/α-hetero) is 1. The maximum atomic E-state index is 13.4. The molecule has 1 saturated heterocycles. The topological polar surface area (TPSA) is 75.7 Å². The second kappa shape index (κ2) is 8.65. The van der Waals surface area contributed by atoms with Crippen LogP contribution in [-0.2, 0) is 14.4 Å². The van der Waals surface area contributed by atoms with Crippen molar-refractivity contribution in [1.82, 2.24) is 10.2 Å². The summed E-state index contributed by atoms with van der Waals surface area (Å²) in [6, 6.07) is 7.17. The number of carbonyl (C=O) groups excluding carboxylic acids is 3. The van der Waals surface area contributed by atoms with E-state index in [2.05, 4.69) is 11.4 Å². The first-order chi connectivity index (χ1) is 15.7. The van der Waals surface area contributed by atoms with Gasteiger partial charge in [0.15, 0.2) is 12.4 Å². The highest BCUT2D eigenvalue weighted by Gasteiger charge is 2.58. The molecule has 174 valence electrons. The number of fused-ring (bicyclic) bond motifs is 2. The quantitative estimate of drug-likeness (QED) is 0.686. The molecular weight excluding hydrogens is 416 g/mol. The lowest BCUT2D eigenvalue weighted by molar-refractivity contribution is -0.132. The van der Waals surface area contributed by atoms with Gasteiger partial charge in [-0.25, -0.2) is 0 Å². The minimum Gasteiger partial charge on any atom is -0.484 e. The van der Waals surface area contributed by atoms with Gasteiger partial charge in [-0.2, -0.15) is 0 Å². The molecule has 0 spiro atoms. The third kappa shape index (κ3) is 3.81. The second-order valence-corrected chi connectivity index (χ2v) is 9.77. The van der Waals surface area contributed by atoms with Gasteiger partial charge in [0, 0.05) is 23.7 Å². The van der Waals surface area contributed by atoms with E-state index in [1.807, 2.05) is 71.0 Å². The van der Waals surface area contributed by atoms with Crippen LogP contribution in [0.2, 0.25) is 0 Å². The lowest BCUT2D eigenvalue weighted by atomic mass is 9.76. The number of rotatable bonds is 7. The number of ether oxygens (including phenoxy) is 1. The van der Waals surface area contributed by atoms with Gasteiger partial charge in [-0.3, -0.25) is 19.3 Å². The van der Waals surface area contributed by atoms with Gasteiger partial charge in [-0.15, -0.1) is 0 Å². The van der Waals surface area contributed by atoms with E-state index in [0.717, 1.165) is 23.3 Å². The van der Waals surface area contributed by atoms with E-state index in [1.165, 1.54) is 0 Å². The molecule has 1 aromatic carbocycles. The highest BCUT2D eigenvalue weighted by atomic mass is 16.5. The molecule has 1 fully saturated rings. The minimum atomic E-state index is -0.728. The van der Waals surface area contributed by atoms with Gasteiger partial charge in [0.25, 0.3) is 11.8 Å². The maximum Gasteiger partial charge on any atom is 0.259 e. The predicted octanol–water partition coefficient (Wildman–Crippen LogP) is 3.90. The maximum absolute atomic E-state index is 13.4. The Labute approximate surface area is 195 Å². The number of nitrogens with one attached hydrogen (secondary N) is 1. The van der Waals surface area contributed by atoms with Crippen LogP contribution >= 0.6 is 0 Å². The molecule has 6 nitrogen and oxygen atoms in total. The first-order valence-corrected chi connectivity index (χ1v) is 11.7. The largest absolute Gasteiger partial charge is 0.484 e. The van der Waals surface area contributed by atoms with Crippen LogP contribution in [-0.4, -0.2) is 41.7 Å². The van der Waals surface area contributed by atoms with E-state index in [4.69, 9.17) is 4.74 Å². The predicted molar refractivity (Wildman–Crippen MR) is 126 cm³/mol. The van der Waals surface area contributed by atoms with Crippen molar-refractivity contribution in [3.05, 3.63) is 64.9 Å². The average molecular weight is 449 g/mol. The Morgan fingerprint density at radius 2 is 1.88 bits per heavy atom. The summed E-state index contributed by atoms with van der Waals surface area (Å²) in [6.45, 7) is 10.5. The van der Waals surface area contributed by atoms with Gasteiger partial charge < -0.3 is 10.1 Å². The number of amides is 2. The first kappa shape index (κ1) is 23.0. The summed E-state index contributed by atoms with van der Waals surface area (Å²) in [5, 5.41) is 2.79. The van der Waals surface area contributed by atoms with Crippen LogP contribution in [0.15, 0.2) is 59.3 Å². The Morgan fingerprint density at radius 1 is 1.18 bits per heavy atom. The Balaban J connectivity index is 1.64. The molecule has 2 aliphatic heterocycles. The summed E-state index contributed by atoms with van der Waals surface area (Å²) >= 11 is 0. The van der Waals surface area contributed by atoms with Gasteiger partial charge in [0.1, 0.15) is 5.75 Å². The summed E-state index contributed by atoms with van der Waals surface area (Å²) in [6.07, 6.45) is 6.74. The van der Waals surface area contributed by atoms with Gasteiger partial charge in [-0.1, -0.05) is 45.1 Å². The fraction of sp³-hybridized carbons (Fsp3) is 0.444. The van der Waals surface area contributed by atoms with Crippen molar-refractivity contribution in [3.8, 4) is 5.75 Å². The van der Waals surface area contributed by atoms with E-state index >= 15 is 0 Å². The van der Waals surface area contributed by atoms with E-state index in [-0.39, 0.29) is 36.0 Å². The molecule has 0 radical (unpaired) electrons. The SMILES string of the molecule is CCCNC(=O)COc1ccc(C2C=CC=C3C(=O)N4C(=C32)C(C)(C)C(=O)C4C(C)C)cc1. The van der Waals surface area contributed by atoms with Crippen LogP contribution in [0, 0.1) is 11.3 Å². The molecular formula is C27H32N2O4. The molecule has 1 N–H and O–H groups in total. The Morgan fingerprint density at radius 3 is 2.52 bits per heavy atom. The van der Waals surface area contributed by atoms with Crippen LogP contribution < -0.4 is 10.1 Å². The zero-order valence-corrected chi connectivity index (χ0v) is 20.0. The van der Waals surface area contributed by atoms with Crippen molar-refractivity contribution in [2.75, 3.05) is 13.2 Å². The lowest BCUT2D eigenvalue weighted by Gasteiger charge is -2.24. The van der Waals surface area contributed by atoms with Gasteiger partial charge in [0.2, 0.25) is 0 Å². The van der Waals surface area contributed by atoms with Gasteiger partial charge in [0.05, 0.1) is 11.5 Å². The van der Waals surface area contributed by atoms with E-state index in [1.54, 1.807) is 4.90 Å². The normalized spacial score (nSPS) is 23.1. The number of nitrogens with zero attached hydrogens (tertiary/aromatic N) is 1. The van der Waals surface area contributed by atoms with Crippen LogP contribution in [0.1, 0.15) is 52.5 Å². The monoisotopic (exact) mass is 448 g/mol. The molecule has 2 amide bonds. The minimum absolute atomic E-state index is 0.0266. The molecule has 2 unspecified atom stereocenters. The van der Waals surface area contributed by atoms with Crippen molar-refractivity contribution in [2.45, 2.75) is 53.0 Å². The smallest absolute Gasteiger partial charge is 0.259 e. The van der Waals surface area contributed by atoms with Crippen molar-refractivity contribution < 1.29 is 19.1 Å². The molecule has 0 saturated carbocycles. The second-order valence-electron chi connectivity index (χ2n) is 9.77. The van der Waals surface area contributed by atoms with Crippen LogP contribution in [0.5, 0.6) is 5.75 Å². The van der Waals surface area contributed by atoms with Crippen molar-refractivity contribution >= 4 is 17.6 Å². The van der Waals surface area contributed by atoms with Crippen molar-refractivity contribution in [2.24, 2.45) is 11.3 Å². The fourth-order valence-electron chi connectivity index (χ4n) is 5.06. The molecule has 2 atom stereocenters. The number of ketones is 1. The Kier molecular flexibility index (Phi) is 6.04. The average Bonchev–Trinajstić information content (AvgIpc) is 3.20. The number of allylic oxidation sites excluding steroid dienone is 4. The summed E-state index contributed by atoms with van der Waals surface area (Å²) in [4.78, 5) is 40.2. The summed E-state index contributed by atoms with van der Waals surface area (Å²) in [5.74, 6) is 0.399. The molecule has 2 heterocycles. The van der Waals surface area contributed by atoms with Crippen LogP contribution in [0.3, 0.4) is 0 Å². The van der Waals surface area contributed by atoms with E-state index < -0.39 is 11.5 Å². The summed E-state index contributed by atoms with van der Waals surface area (Å²) in [5.41, 5.74) is 2.72. The molecule has 4 rings (SSSR count). The number of hydrogen-bond donors (Lipinski definition) is 1. The zero-order chi connectivity index (χ0) is 23.9. The fourth-order valence-corrected chi connectivity index (χ4v) is 5.06. The highest BCUT2D eigenvalue weighted by Crippen LogP contribution is 2.54. The van der Waals surface area contributed by atoms with E-state index in [0.29, 0.717) is 17.9 Å². The first-order valence-electron chi connectivity index (χ1n) is 11.7. The highest BCUT2D eigenvalue weighted by molar-refractivity contribution is 6.11. The molecule has 6 heteroatoms. The number of benzene rings is 1. The number of carbonyl (C=O) groups is 3. The molecule has 1 aliphatic carbocycles. The standard InChI is InChI=1S/C27H32N2O4/c1-6-14-28-21(30)15-33-18-12-10-17(11-13-18)19-8-7-9-20-22(19)24-27(4,5)25(31)23(16(2)3)29(24)26(20)32/h7-13,16,19,23H,6,14-15H2,1-5H3,(H,28,30). The molecule has 0 aromatic heterocycles. The molecule has 0 bridgehead atoms.